The highest BCUT2D eigenvalue weighted by Crippen LogP contribution is 2.17. The van der Waals surface area contributed by atoms with E-state index in [1.54, 1.807) is 0 Å². The number of hydrogen-bond donors (Lipinski definition) is 0. The van der Waals surface area contributed by atoms with Crippen molar-refractivity contribution in [1.82, 2.24) is 4.98 Å². The first kappa shape index (κ1) is 11.0. The quantitative estimate of drug-likeness (QED) is 0.731. The molecule has 2 nitrogen and oxygen atoms in total. The number of nitrogens with zero attached hydrogens (tertiary/aromatic N) is 2. The highest BCUT2D eigenvalue weighted by Gasteiger charge is 2.06. The molecule has 0 spiro atoms. The number of hydrogen-bond acceptors (Lipinski definition) is 2. The Balaban J connectivity index is 2.83. The van der Waals surface area contributed by atoms with E-state index < -0.39 is 0 Å². The average Bonchev–Trinajstić information content (AvgIpc) is 2.16. The summed E-state index contributed by atoms with van der Waals surface area (Å²) < 4.78 is 0. The van der Waals surface area contributed by atoms with Crippen LogP contribution < -0.4 is 4.90 Å². The van der Waals surface area contributed by atoms with Crippen LogP contribution in [0.1, 0.15) is 39.3 Å². The van der Waals surface area contributed by atoms with Crippen LogP contribution in [0.25, 0.3) is 0 Å². The van der Waals surface area contributed by atoms with E-state index in [2.05, 4.69) is 56.8 Å². The summed E-state index contributed by atoms with van der Waals surface area (Å²) in [5, 5.41) is 0. The Morgan fingerprint density at radius 1 is 1.14 bits per heavy atom. The average molecular weight is 192 g/mol. The summed E-state index contributed by atoms with van der Waals surface area (Å²) in [6.45, 7) is 8.68. The van der Waals surface area contributed by atoms with Gasteiger partial charge in [0.2, 0.25) is 0 Å². The van der Waals surface area contributed by atoms with Crippen LogP contribution in [0.5, 0.6) is 0 Å². The monoisotopic (exact) mass is 192 g/mol. The number of rotatable bonds is 3. The summed E-state index contributed by atoms with van der Waals surface area (Å²) in [6, 6.07) is 4.77. The third-order valence-corrected chi connectivity index (χ3v) is 2.54. The van der Waals surface area contributed by atoms with Gasteiger partial charge in [0.05, 0.1) is 11.9 Å². The molecule has 0 bridgehead atoms. The second kappa shape index (κ2) is 4.45. The molecule has 1 rings (SSSR count). The Morgan fingerprint density at radius 2 is 1.79 bits per heavy atom. The minimum atomic E-state index is 0.508. The van der Waals surface area contributed by atoms with Crippen molar-refractivity contribution >= 4 is 5.69 Å². The Kier molecular flexibility index (Phi) is 3.50. The van der Waals surface area contributed by atoms with Crippen molar-refractivity contribution in [3.63, 3.8) is 0 Å². The van der Waals surface area contributed by atoms with Crippen molar-refractivity contribution in [2.45, 2.75) is 39.7 Å². The van der Waals surface area contributed by atoms with Gasteiger partial charge in [-0.1, -0.05) is 13.8 Å². The van der Waals surface area contributed by atoms with E-state index in [1.165, 1.54) is 5.69 Å². The molecule has 1 aromatic heterocycles. The molecule has 0 aliphatic rings. The van der Waals surface area contributed by atoms with Gasteiger partial charge in [-0.3, -0.25) is 4.98 Å². The van der Waals surface area contributed by atoms with Gasteiger partial charge in [-0.25, -0.2) is 0 Å². The molecule has 0 saturated carbocycles. The summed E-state index contributed by atoms with van der Waals surface area (Å²) in [5.74, 6) is 0.508. The molecule has 0 aromatic carbocycles. The molecule has 0 atom stereocenters. The van der Waals surface area contributed by atoms with Gasteiger partial charge in [-0.2, -0.15) is 0 Å². The van der Waals surface area contributed by atoms with Crippen LogP contribution in [0.15, 0.2) is 18.3 Å². The van der Waals surface area contributed by atoms with Gasteiger partial charge in [0, 0.05) is 18.8 Å². The van der Waals surface area contributed by atoms with Crippen LogP contribution in [0, 0.1) is 0 Å². The lowest BCUT2D eigenvalue weighted by molar-refractivity contribution is 0.749. The van der Waals surface area contributed by atoms with Gasteiger partial charge in [0.1, 0.15) is 0 Å². The summed E-state index contributed by atoms with van der Waals surface area (Å²) in [4.78, 5) is 6.66. The maximum absolute atomic E-state index is 4.44. The van der Waals surface area contributed by atoms with E-state index in [4.69, 9.17) is 0 Å². The summed E-state index contributed by atoms with van der Waals surface area (Å²) in [5.41, 5.74) is 2.34. The third kappa shape index (κ3) is 2.47. The molecule has 0 amide bonds. The standard InChI is InChI=1S/C12H20N2/c1-9(2)12-7-6-11(8-13-12)14(5)10(3)4/h6-10H,1-5H3. The maximum atomic E-state index is 4.44. The van der Waals surface area contributed by atoms with Crippen molar-refractivity contribution in [2.24, 2.45) is 0 Å². The van der Waals surface area contributed by atoms with Crippen LogP contribution in [-0.4, -0.2) is 18.1 Å². The lowest BCUT2D eigenvalue weighted by Gasteiger charge is -2.23. The smallest absolute Gasteiger partial charge is 0.0552 e. The van der Waals surface area contributed by atoms with Crippen molar-refractivity contribution in [2.75, 3.05) is 11.9 Å². The topological polar surface area (TPSA) is 16.1 Å². The molecule has 0 N–H and O–H groups in total. The van der Waals surface area contributed by atoms with Crippen LogP contribution in [-0.2, 0) is 0 Å². The highest BCUT2D eigenvalue weighted by molar-refractivity contribution is 5.44. The first-order valence-corrected chi connectivity index (χ1v) is 5.21. The van der Waals surface area contributed by atoms with Gasteiger partial charge in [0.25, 0.3) is 0 Å². The lowest BCUT2D eigenvalue weighted by Crippen LogP contribution is -2.25. The fraction of sp³-hybridized carbons (Fsp3) is 0.583. The molecule has 0 aliphatic heterocycles. The second-order valence-corrected chi connectivity index (χ2v) is 4.30. The SMILES string of the molecule is CC(C)c1ccc(N(C)C(C)C)cn1. The Hall–Kier alpha value is -1.05. The van der Waals surface area contributed by atoms with Crippen LogP contribution in [0.2, 0.25) is 0 Å². The van der Waals surface area contributed by atoms with Crippen molar-refractivity contribution < 1.29 is 0 Å². The van der Waals surface area contributed by atoms with Crippen molar-refractivity contribution in [3.8, 4) is 0 Å². The Labute approximate surface area is 87.0 Å². The lowest BCUT2D eigenvalue weighted by atomic mass is 10.1. The van der Waals surface area contributed by atoms with Gasteiger partial charge in [0.15, 0.2) is 0 Å². The predicted molar refractivity (Wildman–Crippen MR) is 61.9 cm³/mol. The van der Waals surface area contributed by atoms with E-state index in [-0.39, 0.29) is 0 Å². The van der Waals surface area contributed by atoms with Crippen LogP contribution in [0.3, 0.4) is 0 Å². The van der Waals surface area contributed by atoms with E-state index in [9.17, 15) is 0 Å². The van der Waals surface area contributed by atoms with Crippen LogP contribution >= 0.6 is 0 Å². The molecular weight excluding hydrogens is 172 g/mol. The molecular formula is C12H20N2. The zero-order valence-corrected chi connectivity index (χ0v) is 9.78. The van der Waals surface area contributed by atoms with Gasteiger partial charge < -0.3 is 4.90 Å². The minimum absolute atomic E-state index is 0.508. The van der Waals surface area contributed by atoms with Gasteiger partial charge >= 0.3 is 0 Å². The molecule has 1 heterocycles. The summed E-state index contributed by atoms with van der Waals surface area (Å²) in [7, 11) is 2.09. The van der Waals surface area contributed by atoms with E-state index >= 15 is 0 Å². The highest BCUT2D eigenvalue weighted by atomic mass is 15.1. The van der Waals surface area contributed by atoms with Crippen LogP contribution in [0.4, 0.5) is 5.69 Å². The summed E-state index contributed by atoms with van der Waals surface area (Å²) >= 11 is 0. The molecule has 0 radical (unpaired) electrons. The molecule has 0 aliphatic carbocycles. The van der Waals surface area contributed by atoms with E-state index in [0.29, 0.717) is 12.0 Å². The molecule has 0 fully saturated rings. The van der Waals surface area contributed by atoms with E-state index in [1.807, 2.05) is 6.20 Å². The Bertz CT molecular complexity index is 275. The molecule has 2 heteroatoms. The third-order valence-electron chi connectivity index (χ3n) is 2.54. The number of anilines is 1. The predicted octanol–water partition coefficient (Wildman–Crippen LogP) is 3.05. The largest absolute Gasteiger partial charge is 0.371 e. The normalized spacial score (nSPS) is 11.1. The summed E-state index contributed by atoms with van der Waals surface area (Å²) in [6.07, 6.45) is 1.95. The van der Waals surface area contributed by atoms with Crippen molar-refractivity contribution in [3.05, 3.63) is 24.0 Å². The molecule has 14 heavy (non-hydrogen) atoms. The first-order valence-electron chi connectivity index (χ1n) is 5.21. The Morgan fingerprint density at radius 3 is 2.14 bits per heavy atom. The molecule has 0 unspecified atom stereocenters. The molecule has 78 valence electrons. The fourth-order valence-electron chi connectivity index (χ4n) is 1.25. The number of aromatic nitrogens is 1. The van der Waals surface area contributed by atoms with Gasteiger partial charge in [-0.05, 0) is 31.9 Å². The fourth-order valence-corrected chi connectivity index (χ4v) is 1.25. The van der Waals surface area contributed by atoms with Crippen molar-refractivity contribution in [1.29, 1.82) is 0 Å². The minimum Gasteiger partial charge on any atom is -0.371 e. The first-order chi connectivity index (χ1) is 6.52. The molecule has 0 saturated heterocycles. The number of pyridine rings is 1. The zero-order chi connectivity index (χ0) is 10.7. The van der Waals surface area contributed by atoms with E-state index in [0.717, 1.165) is 5.69 Å². The molecule has 1 aromatic rings. The zero-order valence-electron chi connectivity index (χ0n) is 9.78. The second-order valence-electron chi connectivity index (χ2n) is 4.30. The maximum Gasteiger partial charge on any atom is 0.0552 e. The van der Waals surface area contributed by atoms with Gasteiger partial charge in [-0.15, -0.1) is 0 Å².